The van der Waals surface area contributed by atoms with Gasteiger partial charge in [-0.05, 0) is 42.7 Å². The van der Waals surface area contributed by atoms with Gasteiger partial charge in [-0.1, -0.05) is 49.2 Å². The number of carbonyl (C=O) groups excluding carboxylic acids is 3. The van der Waals surface area contributed by atoms with Crippen molar-refractivity contribution in [2.75, 3.05) is 11.9 Å². The molecular weight excluding hydrogens is 447 g/mol. The van der Waals surface area contributed by atoms with Crippen LogP contribution in [0.1, 0.15) is 37.0 Å². The minimum atomic E-state index is -4.75. The van der Waals surface area contributed by atoms with Crippen molar-refractivity contribution < 1.29 is 27.6 Å². The lowest BCUT2D eigenvalue weighted by atomic mass is 9.91. The number of hydrogen-bond donors (Lipinski definition) is 2. The van der Waals surface area contributed by atoms with Gasteiger partial charge in [0.05, 0.1) is 11.3 Å². The van der Waals surface area contributed by atoms with Gasteiger partial charge in [0.25, 0.3) is 5.91 Å². The third kappa shape index (κ3) is 4.72. The summed E-state index contributed by atoms with van der Waals surface area (Å²) in [5.74, 6) is -1.63. The molecule has 1 heterocycles. The molecule has 0 radical (unpaired) electrons. The number of hydrogen-bond acceptors (Lipinski definition) is 3. The zero-order valence-corrected chi connectivity index (χ0v) is 18.1. The second-order valence-corrected chi connectivity index (χ2v) is 8.07. The van der Waals surface area contributed by atoms with Crippen LogP contribution in [-0.2, 0) is 27.7 Å². The predicted octanol–water partition coefficient (Wildman–Crippen LogP) is 4.72. The zero-order chi connectivity index (χ0) is 23.7. The van der Waals surface area contributed by atoms with Crippen LogP contribution < -0.4 is 10.6 Å². The second-order valence-electron chi connectivity index (χ2n) is 7.63. The molecule has 0 spiro atoms. The van der Waals surface area contributed by atoms with Crippen LogP contribution in [0.2, 0.25) is 5.02 Å². The Hall–Kier alpha value is -3.07. The van der Waals surface area contributed by atoms with Crippen LogP contribution in [0.3, 0.4) is 0 Å². The Kier molecular flexibility index (Phi) is 6.50. The van der Waals surface area contributed by atoms with Crippen LogP contribution in [0.15, 0.2) is 42.5 Å². The van der Waals surface area contributed by atoms with Crippen LogP contribution in [-0.4, -0.2) is 29.3 Å². The molecule has 2 aromatic carbocycles. The predicted molar refractivity (Wildman–Crippen MR) is 113 cm³/mol. The normalized spacial score (nSPS) is 18.6. The number of amides is 4. The van der Waals surface area contributed by atoms with Crippen LogP contribution in [0.5, 0.6) is 0 Å². The highest BCUT2D eigenvalue weighted by atomic mass is 35.5. The molecule has 0 aromatic heterocycles. The molecule has 4 amide bonds. The molecule has 1 aliphatic heterocycles. The smallest absolute Gasteiger partial charge is 0.324 e. The van der Waals surface area contributed by atoms with Gasteiger partial charge in [0.15, 0.2) is 0 Å². The largest absolute Gasteiger partial charge is 0.418 e. The molecule has 1 aliphatic rings. The summed E-state index contributed by atoms with van der Waals surface area (Å²) in [6, 6.07) is 9.26. The van der Waals surface area contributed by atoms with E-state index in [0.29, 0.717) is 16.5 Å². The Balaban J connectivity index is 1.77. The quantitative estimate of drug-likeness (QED) is 0.603. The first-order chi connectivity index (χ1) is 15.0. The third-order valence-electron chi connectivity index (χ3n) is 5.21. The van der Waals surface area contributed by atoms with Crippen molar-refractivity contribution in [2.24, 2.45) is 0 Å². The molecule has 0 bridgehead atoms. The zero-order valence-electron chi connectivity index (χ0n) is 17.3. The van der Waals surface area contributed by atoms with Crippen molar-refractivity contribution in [1.82, 2.24) is 10.2 Å². The Morgan fingerprint density at radius 2 is 1.81 bits per heavy atom. The van der Waals surface area contributed by atoms with Gasteiger partial charge in [-0.25, -0.2) is 4.79 Å². The summed E-state index contributed by atoms with van der Waals surface area (Å²) in [5, 5.41) is 4.53. The lowest BCUT2D eigenvalue weighted by Crippen LogP contribution is -2.42. The molecule has 1 atom stereocenters. The summed E-state index contributed by atoms with van der Waals surface area (Å²) in [6.07, 6.45) is -2.93. The van der Waals surface area contributed by atoms with Crippen molar-refractivity contribution in [3.8, 4) is 0 Å². The lowest BCUT2D eigenvalue weighted by molar-refractivity contribution is -0.137. The maximum Gasteiger partial charge on any atom is 0.418 e. The van der Waals surface area contributed by atoms with Gasteiger partial charge in [0.2, 0.25) is 5.91 Å². The standard InChI is InChI=1S/C22H21ClF3N3O3/c1-3-4-13-5-7-14(8-6-13)21(2)19(31)29(20(32)28-21)12-18(30)27-17-10-9-15(23)11-16(17)22(24,25)26/h5-11H,3-4,12H2,1-2H3,(H,27,30)(H,28,32). The first-order valence-electron chi connectivity index (χ1n) is 9.86. The van der Waals surface area contributed by atoms with E-state index in [-0.39, 0.29) is 5.02 Å². The van der Waals surface area contributed by atoms with E-state index < -0.39 is 47.4 Å². The number of nitrogens with zero attached hydrogens (tertiary/aromatic N) is 1. The Morgan fingerprint density at radius 1 is 1.16 bits per heavy atom. The number of anilines is 1. The maximum atomic E-state index is 13.2. The van der Waals surface area contributed by atoms with Crippen LogP contribution in [0.4, 0.5) is 23.7 Å². The Morgan fingerprint density at radius 3 is 2.41 bits per heavy atom. The highest BCUT2D eigenvalue weighted by Gasteiger charge is 2.49. The second kappa shape index (κ2) is 8.82. The van der Waals surface area contributed by atoms with E-state index in [0.717, 1.165) is 24.5 Å². The van der Waals surface area contributed by atoms with Gasteiger partial charge in [0, 0.05) is 5.02 Å². The topological polar surface area (TPSA) is 78.5 Å². The van der Waals surface area contributed by atoms with Gasteiger partial charge in [-0.2, -0.15) is 13.2 Å². The fourth-order valence-corrected chi connectivity index (χ4v) is 3.70. The van der Waals surface area contributed by atoms with E-state index in [1.807, 2.05) is 19.1 Å². The number of halogens is 4. The van der Waals surface area contributed by atoms with E-state index in [9.17, 15) is 27.6 Å². The molecule has 0 saturated carbocycles. The molecule has 3 rings (SSSR count). The molecule has 6 nitrogen and oxygen atoms in total. The molecule has 1 saturated heterocycles. The summed E-state index contributed by atoms with van der Waals surface area (Å²) in [6.45, 7) is 2.82. The van der Waals surface area contributed by atoms with Crippen molar-refractivity contribution in [2.45, 2.75) is 38.4 Å². The molecular formula is C22H21ClF3N3O3. The third-order valence-corrected chi connectivity index (χ3v) is 5.44. The summed E-state index contributed by atoms with van der Waals surface area (Å²) in [5.41, 5.74) is -1.42. The van der Waals surface area contributed by atoms with Crippen LogP contribution >= 0.6 is 11.6 Å². The SMILES string of the molecule is CCCc1ccc(C2(C)NC(=O)N(CC(=O)Nc3ccc(Cl)cc3C(F)(F)F)C2=O)cc1. The number of rotatable bonds is 6. The average Bonchev–Trinajstić information content (AvgIpc) is 2.93. The number of benzene rings is 2. The fraction of sp³-hybridized carbons (Fsp3) is 0.318. The molecule has 2 N–H and O–H groups in total. The molecule has 1 fully saturated rings. The molecule has 10 heteroatoms. The molecule has 170 valence electrons. The minimum absolute atomic E-state index is 0.148. The van der Waals surface area contributed by atoms with E-state index in [1.54, 1.807) is 12.1 Å². The highest BCUT2D eigenvalue weighted by molar-refractivity contribution is 6.30. The first-order valence-corrected chi connectivity index (χ1v) is 10.2. The molecule has 0 aliphatic carbocycles. The molecule has 32 heavy (non-hydrogen) atoms. The number of aryl methyl sites for hydroxylation is 1. The van der Waals surface area contributed by atoms with Crippen molar-refractivity contribution in [3.63, 3.8) is 0 Å². The maximum absolute atomic E-state index is 13.2. The van der Waals surface area contributed by atoms with Crippen LogP contribution in [0, 0.1) is 0 Å². The number of imide groups is 1. The first kappa shape index (κ1) is 23.6. The van der Waals surface area contributed by atoms with E-state index in [2.05, 4.69) is 10.6 Å². The average molecular weight is 468 g/mol. The number of nitrogens with one attached hydrogen (secondary N) is 2. The van der Waals surface area contributed by atoms with Crippen molar-refractivity contribution >= 4 is 35.1 Å². The van der Waals surface area contributed by atoms with Crippen LogP contribution in [0.25, 0.3) is 0 Å². The summed E-state index contributed by atoms with van der Waals surface area (Å²) in [4.78, 5) is 38.5. The Labute approximate surface area is 187 Å². The minimum Gasteiger partial charge on any atom is -0.324 e. The van der Waals surface area contributed by atoms with E-state index in [1.165, 1.54) is 13.0 Å². The summed E-state index contributed by atoms with van der Waals surface area (Å²) >= 11 is 5.63. The van der Waals surface area contributed by atoms with Crippen molar-refractivity contribution in [3.05, 3.63) is 64.2 Å². The summed E-state index contributed by atoms with van der Waals surface area (Å²) < 4.78 is 39.7. The summed E-state index contributed by atoms with van der Waals surface area (Å²) in [7, 11) is 0. The number of urea groups is 1. The molecule has 2 aromatic rings. The van der Waals surface area contributed by atoms with Gasteiger partial charge in [-0.15, -0.1) is 0 Å². The lowest BCUT2D eigenvalue weighted by Gasteiger charge is -2.22. The highest BCUT2D eigenvalue weighted by Crippen LogP contribution is 2.36. The Bertz CT molecular complexity index is 1060. The number of alkyl halides is 3. The van der Waals surface area contributed by atoms with Gasteiger partial charge in [-0.3, -0.25) is 14.5 Å². The van der Waals surface area contributed by atoms with Gasteiger partial charge < -0.3 is 10.6 Å². The molecule has 1 unspecified atom stereocenters. The number of carbonyl (C=O) groups is 3. The van der Waals surface area contributed by atoms with Gasteiger partial charge in [0.1, 0.15) is 12.1 Å². The van der Waals surface area contributed by atoms with E-state index in [4.69, 9.17) is 11.6 Å². The van der Waals surface area contributed by atoms with E-state index >= 15 is 0 Å². The van der Waals surface area contributed by atoms with Gasteiger partial charge >= 0.3 is 12.2 Å². The fourth-order valence-electron chi connectivity index (χ4n) is 3.52. The van der Waals surface area contributed by atoms with Crippen molar-refractivity contribution in [1.29, 1.82) is 0 Å². The monoisotopic (exact) mass is 467 g/mol.